The summed E-state index contributed by atoms with van der Waals surface area (Å²) in [7, 11) is 0. The number of carboxylic acids is 1. The van der Waals surface area contributed by atoms with Crippen LogP contribution in [0.3, 0.4) is 0 Å². The van der Waals surface area contributed by atoms with E-state index in [1.807, 2.05) is 0 Å². The minimum atomic E-state index is -1.64. The van der Waals surface area contributed by atoms with Crippen LogP contribution in [0.15, 0.2) is 12.4 Å². The third kappa shape index (κ3) is 1.31. The zero-order valence-corrected chi connectivity index (χ0v) is 5.21. The van der Waals surface area contributed by atoms with Crippen LogP contribution in [0.2, 0.25) is 0 Å². The number of hydrogen-bond acceptors (Lipinski definition) is 2. The van der Waals surface area contributed by atoms with E-state index >= 15 is 0 Å². The molecule has 0 unspecified atom stereocenters. The summed E-state index contributed by atoms with van der Waals surface area (Å²) in [6, 6.07) is 0. The number of rotatable bonds is 1. The lowest BCUT2D eigenvalue weighted by atomic mass is 10.2. The van der Waals surface area contributed by atoms with Crippen molar-refractivity contribution in [3.8, 4) is 0 Å². The summed E-state index contributed by atoms with van der Waals surface area (Å²) in [6.45, 7) is 0. The minimum absolute atomic E-state index is 0.645. The van der Waals surface area contributed by atoms with Gasteiger partial charge in [0.15, 0.2) is 11.6 Å². The molecule has 11 heavy (non-hydrogen) atoms. The number of nitrogens with zero attached hydrogens (tertiary/aromatic N) is 1. The summed E-state index contributed by atoms with van der Waals surface area (Å²) in [5, 5.41) is 8.24. The predicted octanol–water partition coefficient (Wildman–Crippen LogP) is 1.06. The highest BCUT2D eigenvalue weighted by atomic mass is 19.1. The van der Waals surface area contributed by atoms with Crippen LogP contribution in [0.4, 0.5) is 8.78 Å². The van der Waals surface area contributed by atoms with Crippen LogP contribution in [0.25, 0.3) is 0 Å². The average molecular weight is 159 g/mol. The van der Waals surface area contributed by atoms with E-state index in [9.17, 15) is 13.6 Å². The van der Waals surface area contributed by atoms with Gasteiger partial charge >= 0.3 is 5.97 Å². The molecule has 1 aromatic heterocycles. The maximum Gasteiger partial charge on any atom is 0.341 e. The second kappa shape index (κ2) is 2.61. The van der Waals surface area contributed by atoms with E-state index in [1.54, 1.807) is 0 Å². The third-order valence-electron chi connectivity index (χ3n) is 1.07. The van der Waals surface area contributed by atoms with E-state index in [1.165, 1.54) is 0 Å². The van der Waals surface area contributed by atoms with E-state index in [2.05, 4.69) is 4.98 Å². The number of aromatic nitrogens is 1. The molecule has 0 fully saturated rings. The van der Waals surface area contributed by atoms with Gasteiger partial charge in [-0.25, -0.2) is 13.6 Å². The molecule has 0 saturated carbocycles. The number of halogens is 2. The Morgan fingerprint density at radius 2 is 1.82 bits per heavy atom. The molecule has 0 radical (unpaired) electrons. The number of carbonyl (C=O) groups is 1. The molecule has 0 aliphatic rings. The zero-order valence-electron chi connectivity index (χ0n) is 5.21. The van der Waals surface area contributed by atoms with E-state index in [0.29, 0.717) is 12.4 Å². The summed E-state index contributed by atoms with van der Waals surface area (Å²) in [4.78, 5) is 13.2. The zero-order chi connectivity index (χ0) is 8.43. The first-order valence-corrected chi connectivity index (χ1v) is 2.65. The van der Waals surface area contributed by atoms with Gasteiger partial charge in [0.25, 0.3) is 0 Å². The number of carboxylic acid groups (broad SMARTS) is 1. The van der Waals surface area contributed by atoms with Gasteiger partial charge in [-0.1, -0.05) is 0 Å². The Hall–Kier alpha value is -1.52. The molecule has 1 N–H and O–H groups in total. The molecule has 5 heteroatoms. The molecule has 1 heterocycles. The summed E-state index contributed by atoms with van der Waals surface area (Å²) in [5.41, 5.74) is -0.972. The molecule has 0 bridgehead atoms. The normalized spacial score (nSPS) is 9.64. The van der Waals surface area contributed by atoms with Crippen molar-refractivity contribution in [1.29, 1.82) is 0 Å². The van der Waals surface area contributed by atoms with Gasteiger partial charge < -0.3 is 5.11 Å². The molecular formula is C6H3F2NO2. The van der Waals surface area contributed by atoms with Crippen molar-refractivity contribution in [3.05, 3.63) is 29.6 Å². The Balaban J connectivity index is 3.32. The average Bonchev–Trinajstić information content (AvgIpc) is 1.85. The van der Waals surface area contributed by atoms with Gasteiger partial charge in [-0.3, -0.25) is 4.98 Å². The number of hydrogen-bond donors (Lipinski definition) is 1. The Labute approximate surface area is 60.3 Å². The predicted molar refractivity (Wildman–Crippen MR) is 31.1 cm³/mol. The quantitative estimate of drug-likeness (QED) is 0.666. The largest absolute Gasteiger partial charge is 0.477 e. The molecule has 0 saturated heterocycles. The van der Waals surface area contributed by atoms with E-state index in [-0.39, 0.29) is 0 Å². The van der Waals surface area contributed by atoms with Crippen LogP contribution < -0.4 is 0 Å². The number of aromatic carboxylic acids is 1. The molecule has 0 amide bonds. The van der Waals surface area contributed by atoms with Crippen LogP contribution in [-0.2, 0) is 0 Å². The first-order chi connectivity index (χ1) is 5.13. The maximum absolute atomic E-state index is 12.4. The molecule has 1 rings (SSSR count). The fourth-order valence-electron chi connectivity index (χ4n) is 0.616. The highest BCUT2D eigenvalue weighted by molar-refractivity contribution is 5.87. The SMILES string of the molecule is O=C(O)c1c(F)cncc1F. The van der Waals surface area contributed by atoms with Crippen LogP contribution in [0.1, 0.15) is 10.4 Å². The van der Waals surface area contributed by atoms with Crippen LogP contribution in [0, 0.1) is 11.6 Å². The van der Waals surface area contributed by atoms with Crippen molar-refractivity contribution in [2.24, 2.45) is 0 Å². The summed E-state index contributed by atoms with van der Waals surface area (Å²) < 4.78 is 24.8. The molecule has 0 spiro atoms. The molecule has 0 aromatic carbocycles. The Bertz CT molecular complexity index is 280. The van der Waals surface area contributed by atoms with Crippen molar-refractivity contribution in [2.45, 2.75) is 0 Å². The van der Waals surface area contributed by atoms with E-state index < -0.39 is 23.2 Å². The van der Waals surface area contributed by atoms with E-state index in [0.717, 1.165) is 0 Å². The molecular weight excluding hydrogens is 156 g/mol. The van der Waals surface area contributed by atoms with Gasteiger partial charge in [-0.2, -0.15) is 0 Å². The van der Waals surface area contributed by atoms with Crippen molar-refractivity contribution in [2.75, 3.05) is 0 Å². The first kappa shape index (κ1) is 7.59. The van der Waals surface area contributed by atoms with E-state index in [4.69, 9.17) is 5.11 Å². The topological polar surface area (TPSA) is 50.2 Å². The lowest BCUT2D eigenvalue weighted by molar-refractivity contribution is 0.0686. The molecule has 1 aromatic rings. The molecule has 0 atom stereocenters. The van der Waals surface area contributed by atoms with Crippen molar-refractivity contribution < 1.29 is 18.7 Å². The van der Waals surface area contributed by atoms with Crippen LogP contribution >= 0.6 is 0 Å². The number of pyridine rings is 1. The maximum atomic E-state index is 12.4. The Morgan fingerprint density at radius 1 is 1.36 bits per heavy atom. The highest BCUT2D eigenvalue weighted by Gasteiger charge is 2.15. The Morgan fingerprint density at radius 3 is 2.09 bits per heavy atom. The van der Waals surface area contributed by atoms with Gasteiger partial charge in [0.1, 0.15) is 5.56 Å². The standard InChI is InChI=1S/C6H3F2NO2/c7-3-1-9-2-4(8)5(3)6(10)11/h1-2H,(H,10,11). The summed E-state index contributed by atoms with van der Waals surface area (Å²) in [6.07, 6.45) is 1.29. The molecule has 58 valence electrons. The molecule has 0 aliphatic heterocycles. The summed E-state index contributed by atoms with van der Waals surface area (Å²) >= 11 is 0. The van der Waals surface area contributed by atoms with Gasteiger partial charge in [0.05, 0.1) is 12.4 Å². The van der Waals surface area contributed by atoms with Gasteiger partial charge in [-0.15, -0.1) is 0 Å². The van der Waals surface area contributed by atoms with Gasteiger partial charge in [-0.05, 0) is 0 Å². The lowest BCUT2D eigenvalue weighted by Gasteiger charge is -1.95. The van der Waals surface area contributed by atoms with Gasteiger partial charge in [0, 0.05) is 0 Å². The lowest BCUT2D eigenvalue weighted by Crippen LogP contribution is -2.04. The minimum Gasteiger partial charge on any atom is -0.477 e. The second-order valence-electron chi connectivity index (χ2n) is 1.78. The molecule has 3 nitrogen and oxygen atoms in total. The van der Waals surface area contributed by atoms with Crippen molar-refractivity contribution in [3.63, 3.8) is 0 Å². The fourth-order valence-corrected chi connectivity index (χ4v) is 0.616. The molecule has 0 aliphatic carbocycles. The first-order valence-electron chi connectivity index (χ1n) is 2.65. The smallest absolute Gasteiger partial charge is 0.341 e. The van der Waals surface area contributed by atoms with Crippen LogP contribution in [0.5, 0.6) is 0 Å². The monoisotopic (exact) mass is 159 g/mol. The highest BCUT2D eigenvalue weighted by Crippen LogP contribution is 2.09. The second-order valence-corrected chi connectivity index (χ2v) is 1.78. The van der Waals surface area contributed by atoms with Crippen molar-refractivity contribution >= 4 is 5.97 Å². The van der Waals surface area contributed by atoms with Gasteiger partial charge in [0.2, 0.25) is 0 Å². The fraction of sp³-hybridized carbons (Fsp3) is 0. The summed E-state index contributed by atoms with van der Waals surface area (Å²) in [5.74, 6) is -3.97. The van der Waals surface area contributed by atoms with Crippen molar-refractivity contribution in [1.82, 2.24) is 4.98 Å². The third-order valence-corrected chi connectivity index (χ3v) is 1.07. The van der Waals surface area contributed by atoms with Crippen LogP contribution in [-0.4, -0.2) is 16.1 Å². The Kier molecular flexibility index (Phi) is 1.80.